The molecule has 2 aromatic carbocycles. The molecule has 1 aliphatic rings. The zero-order chi connectivity index (χ0) is 17.9. The van der Waals surface area contributed by atoms with Gasteiger partial charge in [0.1, 0.15) is 5.01 Å². The molecule has 26 heavy (non-hydrogen) atoms. The van der Waals surface area contributed by atoms with E-state index in [0.717, 1.165) is 43.4 Å². The molecule has 0 aliphatic carbocycles. The van der Waals surface area contributed by atoms with E-state index in [9.17, 15) is 0 Å². The Hall–Kier alpha value is -1.88. The van der Waals surface area contributed by atoms with E-state index in [2.05, 4.69) is 52.4 Å². The molecule has 5 heteroatoms. The number of rotatable bonds is 4. The van der Waals surface area contributed by atoms with Crippen molar-refractivity contribution in [2.24, 2.45) is 0 Å². The van der Waals surface area contributed by atoms with Crippen LogP contribution in [0.5, 0.6) is 0 Å². The summed E-state index contributed by atoms with van der Waals surface area (Å²) in [5.41, 5.74) is 4.78. The molecule has 1 fully saturated rings. The standard InChI is InChI=1S/C21H22ClN3S/c1-16-5-7-17(8-6-16)20-15-26-21(23-20)14-24-9-11-25(12-10-24)19-4-2-3-18(22)13-19/h2-8,13,15H,9-12,14H2,1H3. The van der Waals surface area contributed by atoms with Crippen molar-refractivity contribution in [2.45, 2.75) is 13.5 Å². The Morgan fingerprint density at radius 1 is 1.04 bits per heavy atom. The third-order valence-corrected chi connectivity index (χ3v) is 5.87. The topological polar surface area (TPSA) is 19.4 Å². The Bertz CT molecular complexity index is 867. The van der Waals surface area contributed by atoms with Gasteiger partial charge in [-0.2, -0.15) is 0 Å². The highest BCUT2D eigenvalue weighted by Crippen LogP contribution is 2.24. The van der Waals surface area contributed by atoms with Gasteiger partial charge in [-0.25, -0.2) is 4.98 Å². The Morgan fingerprint density at radius 2 is 1.81 bits per heavy atom. The van der Waals surface area contributed by atoms with E-state index < -0.39 is 0 Å². The van der Waals surface area contributed by atoms with E-state index in [-0.39, 0.29) is 0 Å². The summed E-state index contributed by atoms with van der Waals surface area (Å²) in [6, 6.07) is 16.7. The number of nitrogens with zero attached hydrogens (tertiary/aromatic N) is 3. The van der Waals surface area contributed by atoms with Crippen molar-refractivity contribution in [3.8, 4) is 11.3 Å². The van der Waals surface area contributed by atoms with Gasteiger partial charge in [0.2, 0.25) is 0 Å². The number of hydrogen-bond acceptors (Lipinski definition) is 4. The monoisotopic (exact) mass is 383 g/mol. The summed E-state index contributed by atoms with van der Waals surface area (Å²) >= 11 is 7.88. The summed E-state index contributed by atoms with van der Waals surface area (Å²) < 4.78 is 0. The number of benzene rings is 2. The van der Waals surface area contributed by atoms with Crippen LogP contribution < -0.4 is 4.90 Å². The molecule has 0 amide bonds. The van der Waals surface area contributed by atoms with E-state index in [1.807, 2.05) is 18.2 Å². The fourth-order valence-electron chi connectivity index (χ4n) is 3.27. The molecule has 0 radical (unpaired) electrons. The summed E-state index contributed by atoms with van der Waals surface area (Å²) in [6.07, 6.45) is 0. The van der Waals surface area contributed by atoms with Crippen molar-refractivity contribution < 1.29 is 0 Å². The molecule has 0 unspecified atom stereocenters. The van der Waals surface area contributed by atoms with Crippen molar-refractivity contribution in [2.75, 3.05) is 31.1 Å². The SMILES string of the molecule is Cc1ccc(-c2csc(CN3CCN(c4cccc(Cl)c4)CC3)n2)cc1. The van der Waals surface area contributed by atoms with Crippen LogP contribution in [-0.4, -0.2) is 36.1 Å². The van der Waals surface area contributed by atoms with Gasteiger partial charge >= 0.3 is 0 Å². The summed E-state index contributed by atoms with van der Waals surface area (Å²) in [6.45, 7) is 7.18. The third-order valence-electron chi connectivity index (χ3n) is 4.80. The Labute approximate surface area is 163 Å². The first-order valence-electron chi connectivity index (χ1n) is 8.92. The van der Waals surface area contributed by atoms with Gasteiger partial charge in [0.25, 0.3) is 0 Å². The molecule has 0 N–H and O–H groups in total. The van der Waals surface area contributed by atoms with Crippen LogP contribution in [0.15, 0.2) is 53.9 Å². The van der Waals surface area contributed by atoms with Crippen molar-refractivity contribution >= 4 is 28.6 Å². The molecule has 0 atom stereocenters. The first-order valence-corrected chi connectivity index (χ1v) is 10.2. The summed E-state index contributed by atoms with van der Waals surface area (Å²) in [4.78, 5) is 9.73. The van der Waals surface area contributed by atoms with Gasteiger partial charge in [-0.1, -0.05) is 47.5 Å². The molecular formula is C21H22ClN3S. The number of anilines is 1. The number of piperazine rings is 1. The van der Waals surface area contributed by atoms with Crippen LogP contribution in [0.4, 0.5) is 5.69 Å². The van der Waals surface area contributed by atoms with Gasteiger partial charge in [-0.3, -0.25) is 4.90 Å². The molecule has 1 aromatic heterocycles. The second-order valence-electron chi connectivity index (χ2n) is 6.74. The third kappa shape index (κ3) is 4.09. The minimum Gasteiger partial charge on any atom is -0.369 e. The van der Waals surface area contributed by atoms with Crippen LogP contribution in [0.2, 0.25) is 5.02 Å². The van der Waals surface area contributed by atoms with Crippen LogP contribution in [0, 0.1) is 6.92 Å². The summed E-state index contributed by atoms with van der Waals surface area (Å²) in [5.74, 6) is 0. The van der Waals surface area contributed by atoms with E-state index >= 15 is 0 Å². The highest BCUT2D eigenvalue weighted by molar-refractivity contribution is 7.09. The Balaban J connectivity index is 1.35. The molecule has 0 bridgehead atoms. The minimum atomic E-state index is 0.802. The molecule has 1 aliphatic heterocycles. The number of aromatic nitrogens is 1. The second kappa shape index (κ2) is 7.78. The van der Waals surface area contributed by atoms with Gasteiger partial charge in [0, 0.05) is 47.8 Å². The maximum absolute atomic E-state index is 6.12. The van der Waals surface area contributed by atoms with Crippen molar-refractivity contribution in [3.63, 3.8) is 0 Å². The first-order chi connectivity index (χ1) is 12.7. The van der Waals surface area contributed by atoms with Crippen molar-refractivity contribution in [1.29, 1.82) is 0 Å². The molecule has 0 saturated carbocycles. The van der Waals surface area contributed by atoms with Crippen LogP contribution in [-0.2, 0) is 6.54 Å². The lowest BCUT2D eigenvalue weighted by molar-refractivity contribution is 0.249. The zero-order valence-corrected chi connectivity index (χ0v) is 16.4. The van der Waals surface area contributed by atoms with Gasteiger partial charge in [-0.05, 0) is 25.1 Å². The summed E-state index contributed by atoms with van der Waals surface area (Å²) in [7, 11) is 0. The van der Waals surface area contributed by atoms with Crippen molar-refractivity contribution in [1.82, 2.24) is 9.88 Å². The lowest BCUT2D eigenvalue weighted by atomic mass is 10.1. The number of thiazole rings is 1. The fourth-order valence-corrected chi connectivity index (χ4v) is 4.30. The largest absolute Gasteiger partial charge is 0.369 e. The van der Waals surface area contributed by atoms with E-state index in [1.165, 1.54) is 21.8 Å². The number of halogens is 1. The van der Waals surface area contributed by atoms with E-state index in [4.69, 9.17) is 16.6 Å². The molecule has 3 nitrogen and oxygen atoms in total. The maximum atomic E-state index is 6.12. The van der Waals surface area contributed by atoms with Crippen molar-refractivity contribution in [3.05, 3.63) is 69.5 Å². The highest BCUT2D eigenvalue weighted by atomic mass is 35.5. The molecule has 3 aromatic rings. The normalized spacial score (nSPS) is 15.4. The fraction of sp³-hybridized carbons (Fsp3) is 0.286. The predicted octanol–water partition coefficient (Wildman–Crippen LogP) is 5.09. The second-order valence-corrected chi connectivity index (χ2v) is 8.11. The first kappa shape index (κ1) is 17.5. The van der Waals surface area contributed by atoms with Gasteiger partial charge in [-0.15, -0.1) is 11.3 Å². The zero-order valence-electron chi connectivity index (χ0n) is 14.9. The van der Waals surface area contributed by atoms with Gasteiger partial charge in [0.15, 0.2) is 0 Å². The predicted molar refractivity (Wildman–Crippen MR) is 111 cm³/mol. The average molecular weight is 384 g/mol. The smallest absolute Gasteiger partial charge is 0.107 e. The molecule has 134 valence electrons. The quantitative estimate of drug-likeness (QED) is 0.625. The maximum Gasteiger partial charge on any atom is 0.107 e. The van der Waals surface area contributed by atoms with Gasteiger partial charge in [0.05, 0.1) is 12.2 Å². The highest BCUT2D eigenvalue weighted by Gasteiger charge is 2.18. The van der Waals surface area contributed by atoms with E-state index in [1.54, 1.807) is 11.3 Å². The lowest BCUT2D eigenvalue weighted by Gasteiger charge is -2.35. The number of aryl methyl sites for hydroxylation is 1. The molecule has 1 saturated heterocycles. The Kier molecular flexibility index (Phi) is 5.25. The van der Waals surface area contributed by atoms with Gasteiger partial charge < -0.3 is 4.90 Å². The molecule has 0 spiro atoms. The minimum absolute atomic E-state index is 0.802. The molecule has 4 rings (SSSR count). The molecule has 2 heterocycles. The molecular weight excluding hydrogens is 362 g/mol. The summed E-state index contributed by atoms with van der Waals surface area (Å²) in [5, 5.41) is 4.16. The van der Waals surface area contributed by atoms with E-state index in [0.29, 0.717) is 0 Å². The van der Waals surface area contributed by atoms with Crippen LogP contribution in [0.3, 0.4) is 0 Å². The van der Waals surface area contributed by atoms with Crippen LogP contribution >= 0.6 is 22.9 Å². The van der Waals surface area contributed by atoms with Crippen LogP contribution in [0.25, 0.3) is 11.3 Å². The average Bonchev–Trinajstić information content (AvgIpc) is 3.11. The Morgan fingerprint density at radius 3 is 2.54 bits per heavy atom. The number of hydrogen-bond donors (Lipinski definition) is 0. The van der Waals surface area contributed by atoms with Crippen LogP contribution in [0.1, 0.15) is 10.6 Å². The lowest BCUT2D eigenvalue weighted by Crippen LogP contribution is -2.45.